The Labute approximate surface area is 276 Å². The van der Waals surface area contributed by atoms with E-state index in [0.717, 1.165) is 9.13 Å². The lowest BCUT2D eigenvalue weighted by molar-refractivity contribution is -0.139. The van der Waals surface area contributed by atoms with Crippen LogP contribution >= 0.6 is 45.5 Å². The lowest BCUT2D eigenvalue weighted by Gasteiger charge is -2.26. The van der Waals surface area contributed by atoms with E-state index in [1.807, 2.05) is 38.1 Å². The van der Waals surface area contributed by atoms with Crippen LogP contribution in [0.3, 0.4) is 0 Å². The molecular formula is C33H29ClFIN2O5S. The molecular weight excluding hydrogens is 718 g/mol. The molecule has 0 saturated heterocycles. The molecule has 11 heteroatoms. The highest BCUT2D eigenvalue weighted by atomic mass is 127. The predicted octanol–water partition coefficient (Wildman–Crippen LogP) is 6.56. The van der Waals surface area contributed by atoms with Crippen LogP contribution in [0.4, 0.5) is 4.39 Å². The molecule has 0 N–H and O–H groups in total. The molecule has 0 unspecified atom stereocenters. The SMILES string of the molecule is CCOC(=O)C1=C(C)N=c2s/c(=C\c3cc(Cl)cc(I)c3OCc3ccc(F)cc3)c(=O)n2[C@H]1c1ccccc1OC(C)C. The normalized spacial score (nSPS) is 14.8. The molecule has 1 atom stereocenters. The standard InChI is InChI=1S/C33H29ClFIN2O5S/c1-5-41-32(40)28-19(4)37-33-38(29(28)24-8-6-7-9-26(24)43-18(2)3)31(39)27(44-33)15-21-14-22(34)16-25(36)30(21)42-17-20-10-12-23(35)13-11-20/h6-16,18,29H,5,17H2,1-4H3/b27-15-/t29-/m0/s1. The second kappa shape index (κ2) is 13.7. The number of esters is 1. The molecule has 0 amide bonds. The van der Waals surface area contributed by atoms with Gasteiger partial charge in [-0.25, -0.2) is 14.2 Å². The number of halogens is 3. The van der Waals surface area contributed by atoms with E-state index in [1.54, 1.807) is 44.2 Å². The Kier molecular flexibility index (Phi) is 9.91. The van der Waals surface area contributed by atoms with Crippen molar-refractivity contribution in [2.45, 2.75) is 46.4 Å². The van der Waals surface area contributed by atoms with Crippen LogP contribution in [-0.2, 0) is 16.1 Å². The summed E-state index contributed by atoms with van der Waals surface area (Å²) in [6.45, 7) is 7.66. The van der Waals surface area contributed by atoms with Gasteiger partial charge in [0.2, 0.25) is 0 Å². The average Bonchev–Trinajstić information content (AvgIpc) is 3.26. The van der Waals surface area contributed by atoms with Crippen LogP contribution in [0.1, 0.15) is 50.4 Å². The van der Waals surface area contributed by atoms with Gasteiger partial charge in [0.1, 0.15) is 30.0 Å². The van der Waals surface area contributed by atoms with E-state index in [1.165, 1.54) is 28.0 Å². The van der Waals surface area contributed by atoms with Crippen LogP contribution in [0.2, 0.25) is 5.02 Å². The van der Waals surface area contributed by atoms with Crippen LogP contribution in [0, 0.1) is 9.39 Å². The monoisotopic (exact) mass is 746 g/mol. The second-order valence-electron chi connectivity index (χ2n) is 10.2. The zero-order valence-electron chi connectivity index (χ0n) is 24.4. The van der Waals surface area contributed by atoms with Crippen LogP contribution in [0.25, 0.3) is 6.08 Å². The summed E-state index contributed by atoms with van der Waals surface area (Å²) in [6, 6.07) is 16.1. The molecule has 1 aromatic heterocycles. The van der Waals surface area contributed by atoms with Gasteiger partial charge in [-0.2, -0.15) is 0 Å². The molecule has 7 nitrogen and oxygen atoms in total. The van der Waals surface area contributed by atoms with E-state index in [0.29, 0.717) is 42.7 Å². The van der Waals surface area contributed by atoms with Gasteiger partial charge in [-0.05, 0) is 92.3 Å². The summed E-state index contributed by atoms with van der Waals surface area (Å²) in [5.41, 5.74) is 2.41. The Morgan fingerprint density at radius 3 is 2.61 bits per heavy atom. The molecule has 5 rings (SSSR count). The van der Waals surface area contributed by atoms with Gasteiger partial charge in [-0.1, -0.05) is 53.3 Å². The molecule has 0 bridgehead atoms. The van der Waals surface area contributed by atoms with Crippen LogP contribution < -0.4 is 24.4 Å². The van der Waals surface area contributed by atoms with E-state index in [2.05, 4.69) is 27.6 Å². The summed E-state index contributed by atoms with van der Waals surface area (Å²) >= 11 is 9.77. The largest absolute Gasteiger partial charge is 0.491 e. The molecule has 44 heavy (non-hydrogen) atoms. The van der Waals surface area contributed by atoms with Gasteiger partial charge in [0.05, 0.1) is 32.1 Å². The first kappa shape index (κ1) is 31.9. The van der Waals surface area contributed by atoms with Crippen LogP contribution in [0.15, 0.2) is 81.7 Å². The Morgan fingerprint density at radius 2 is 1.91 bits per heavy atom. The molecule has 0 spiro atoms. The lowest BCUT2D eigenvalue weighted by atomic mass is 9.95. The highest BCUT2D eigenvalue weighted by Gasteiger charge is 2.35. The van der Waals surface area contributed by atoms with Gasteiger partial charge in [0.15, 0.2) is 4.80 Å². The number of allylic oxidation sites excluding steroid dienone is 1. The number of carbonyl (C=O) groups excluding carboxylic acids is 1. The van der Waals surface area contributed by atoms with E-state index in [9.17, 15) is 14.0 Å². The van der Waals surface area contributed by atoms with E-state index in [4.69, 9.17) is 25.8 Å². The molecule has 0 aliphatic carbocycles. The van der Waals surface area contributed by atoms with E-state index in [-0.39, 0.29) is 36.3 Å². The number of carbonyl (C=O) groups is 1. The third-order valence-electron chi connectivity index (χ3n) is 6.71. The Morgan fingerprint density at radius 1 is 1.18 bits per heavy atom. The number of rotatable bonds is 9. The first-order valence-electron chi connectivity index (χ1n) is 13.9. The summed E-state index contributed by atoms with van der Waals surface area (Å²) < 4.78 is 33.8. The van der Waals surface area contributed by atoms with Gasteiger partial charge >= 0.3 is 5.97 Å². The summed E-state index contributed by atoms with van der Waals surface area (Å²) in [6.07, 6.45) is 1.58. The summed E-state index contributed by atoms with van der Waals surface area (Å²) in [7, 11) is 0. The maximum Gasteiger partial charge on any atom is 0.338 e. The Bertz CT molecular complexity index is 1930. The van der Waals surface area contributed by atoms with Crippen molar-refractivity contribution in [2.24, 2.45) is 4.99 Å². The first-order valence-corrected chi connectivity index (χ1v) is 16.2. The number of aromatic nitrogens is 1. The summed E-state index contributed by atoms with van der Waals surface area (Å²) in [5, 5.41) is 0.473. The topological polar surface area (TPSA) is 79.1 Å². The smallest absolute Gasteiger partial charge is 0.338 e. The number of fused-ring (bicyclic) bond motifs is 1. The number of nitrogens with zero attached hydrogens (tertiary/aromatic N) is 2. The van der Waals surface area contributed by atoms with Gasteiger partial charge in [0.25, 0.3) is 5.56 Å². The predicted molar refractivity (Wildman–Crippen MR) is 178 cm³/mol. The van der Waals surface area contributed by atoms with Gasteiger partial charge in [0, 0.05) is 16.1 Å². The van der Waals surface area contributed by atoms with E-state index >= 15 is 0 Å². The zero-order chi connectivity index (χ0) is 31.5. The van der Waals surface area contributed by atoms with Crippen molar-refractivity contribution in [2.75, 3.05) is 6.61 Å². The fraction of sp³-hybridized carbons (Fsp3) is 0.242. The summed E-state index contributed by atoms with van der Waals surface area (Å²) in [4.78, 5) is 32.6. The third-order valence-corrected chi connectivity index (χ3v) is 8.72. The fourth-order valence-electron chi connectivity index (χ4n) is 4.87. The average molecular weight is 747 g/mol. The van der Waals surface area contributed by atoms with Crippen molar-refractivity contribution in [3.8, 4) is 11.5 Å². The molecule has 4 aromatic rings. The molecule has 3 aromatic carbocycles. The quantitative estimate of drug-likeness (QED) is 0.143. The second-order valence-corrected chi connectivity index (χ2v) is 12.8. The minimum atomic E-state index is -0.823. The molecule has 1 aliphatic heterocycles. The van der Waals surface area contributed by atoms with Crippen molar-refractivity contribution in [1.82, 2.24) is 4.57 Å². The third kappa shape index (κ3) is 6.77. The minimum Gasteiger partial charge on any atom is -0.491 e. The summed E-state index contributed by atoms with van der Waals surface area (Å²) in [5.74, 6) is 0.206. The van der Waals surface area contributed by atoms with Crippen molar-refractivity contribution < 1.29 is 23.4 Å². The first-order chi connectivity index (χ1) is 21.1. The molecule has 1 aliphatic rings. The fourth-order valence-corrected chi connectivity index (χ4v) is 7.12. The molecule has 2 heterocycles. The zero-order valence-corrected chi connectivity index (χ0v) is 28.1. The van der Waals surface area contributed by atoms with Crippen molar-refractivity contribution in [3.63, 3.8) is 0 Å². The van der Waals surface area contributed by atoms with Gasteiger partial charge in [-0.15, -0.1) is 0 Å². The molecule has 228 valence electrons. The lowest BCUT2D eigenvalue weighted by Crippen LogP contribution is -2.40. The van der Waals surface area contributed by atoms with E-state index < -0.39 is 12.0 Å². The van der Waals surface area contributed by atoms with Crippen molar-refractivity contribution in [1.29, 1.82) is 0 Å². The Balaban J connectivity index is 1.67. The van der Waals surface area contributed by atoms with Crippen molar-refractivity contribution in [3.05, 3.63) is 123 Å². The highest BCUT2D eigenvalue weighted by Crippen LogP contribution is 2.36. The van der Waals surface area contributed by atoms with Crippen LogP contribution in [0.5, 0.6) is 11.5 Å². The Hall–Kier alpha value is -3.48. The number of benzene rings is 3. The number of thiazole rings is 1. The maximum atomic E-state index is 14.2. The van der Waals surface area contributed by atoms with Gasteiger partial charge < -0.3 is 14.2 Å². The van der Waals surface area contributed by atoms with Gasteiger partial charge in [-0.3, -0.25) is 9.36 Å². The molecule has 0 radical (unpaired) electrons. The number of hydrogen-bond acceptors (Lipinski definition) is 7. The minimum absolute atomic E-state index is 0.137. The maximum absolute atomic E-state index is 14.2. The number of hydrogen-bond donors (Lipinski definition) is 0. The van der Waals surface area contributed by atoms with Crippen molar-refractivity contribution >= 4 is 57.6 Å². The van der Waals surface area contributed by atoms with Crippen LogP contribution in [-0.4, -0.2) is 23.2 Å². The number of ether oxygens (including phenoxy) is 3. The molecule has 0 saturated carbocycles. The molecule has 0 fully saturated rings. The highest BCUT2D eigenvalue weighted by molar-refractivity contribution is 14.1. The number of para-hydroxylation sites is 1.